The molecule has 3 aliphatic carbocycles. The van der Waals surface area contributed by atoms with Crippen LogP contribution in [0.25, 0.3) is 33.8 Å². The van der Waals surface area contributed by atoms with Gasteiger partial charge >= 0.3 is 0 Å². The number of fused-ring (bicyclic) bond motifs is 6. The molecule has 0 bridgehead atoms. The van der Waals surface area contributed by atoms with Gasteiger partial charge in [-0.3, -0.25) is 4.99 Å². The summed E-state index contributed by atoms with van der Waals surface area (Å²) < 4.78 is 2.53. The lowest BCUT2D eigenvalue weighted by atomic mass is 9.83. The van der Waals surface area contributed by atoms with Crippen molar-refractivity contribution in [1.29, 1.82) is 0 Å². The van der Waals surface area contributed by atoms with E-state index in [1.807, 2.05) is 0 Å². The molecule has 1 heterocycles. The molecule has 0 aliphatic heterocycles. The van der Waals surface area contributed by atoms with Gasteiger partial charge in [0, 0.05) is 33.5 Å². The molecule has 47 heavy (non-hydrogen) atoms. The zero-order chi connectivity index (χ0) is 31.2. The Morgan fingerprint density at radius 2 is 1.49 bits per heavy atom. The molecule has 1 saturated carbocycles. The highest BCUT2D eigenvalue weighted by molar-refractivity contribution is 6.13. The lowest BCUT2D eigenvalue weighted by molar-refractivity contribution is 0.443. The van der Waals surface area contributed by atoms with Crippen LogP contribution < -0.4 is 0 Å². The number of aromatic nitrogens is 1. The fraction of sp³-hybridized carbons (Fsp3) is 0.222. The number of allylic oxidation sites excluding steroid dienone is 1. The Morgan fingerprint density at radius 1 is 0.723 bits per heavy atom. The van der Waals surface area contributed by atoms with Crippen molar-refractivity contribution >= 4 is 22.7 Å². The van der Waals surface area contributed by atoms with Gasteiger partial charge in [0.05, 0.1) is 17.8 Å². The second-order valence-electron chi connectivity index (χ2n) is 13.6. The van der Waals surface area contributed by atoms with Crippen molar-refractivity contribution < 1.29 is 0 Å². The summed E-state index contributed by atoms with van der Waals surface area (Å²) in [5.41, 5.74) is 17.1. The Labute approximate surface area is 278 Å². The molecule has 0 amide bonds. The van der Waals surface area contributed by atoms with E-state index in [0.717, 1.165) is 25.0 Å². The van der Waals surface area contributed by atoms with Crippen molar-refractivity contribution in [3.8, 4) is 16.8 Å². The van der Waals surface area contributed by atoms with Gasteiger partial charge in [-0.05, 0) is 89.6 Å². The quantitative estimate of drug-likeness (QED) is 0.167. The third kappa shape index (κ3) is 5.08. The van der Waals surface area contributed by atoms with Gasteiger partial charge in [-0.2, -0.15) is 0 Å². The van der Waals surface area contributed by atoms with Crippen molar-refractivity contribution in [1.82, 2.24) is 4.57 Å². The van der Waals surface area contributed by atoms with E-state index in [9.17, 15) is 0 Å². The number of benzene rings is 5. The molecule has 5 aromatic carbocycles. The monoisotopic (exact) mass is 608 g/mol. The Kier molecular flexibility index (Phi) is 7.23. The van der Waals surface area contributed by atoms with Crippen LogP contribution in [0.2, 0.25) is 0 Å². The fourth-order valence-electron chi connectivity index (χ4n) is 8.49. The molecular formula is C45H40N2. The van der Waals surface area contributed by atoms with Crippen LogP contribution in [0.4, 0.5) is 0 Å². The molecule has 2 nitrogen and oxygen atoms in total. The average Bonchev–Trinajstić information content (AvgIpc) is 3.69. The first-order valence-corrected chi connectivity index (χ1v) is 17.6. The predicted octanol–water partition coefficient (Wildman–Crippen LogP) is 11.2. The molecule has 1 fully saturated rings. The molecule has 230 valence electrons. The van der Waals surface area contributed by atoms with E-state index < -0.39 is 0 Å². The van der Waals surface area contributed by atoms with Crippen molar-refractivity contribution in [3.05, 3.63) is 166 Å². The second kappa shape index (κ2) is 12.0. The molecule has 2 heteroatoms. The molecule has 0 atom stereocenters. The number of hydrogen-bond donors (Lipinski definition) is 0. The minimum Gasteiger partial charge on any atom is -0.313 e. The van der Waals surface area contributed by atoms with E-state index >= 15 is 0 Å². The maximum atomic E-state index is 5.49. The highest BCUT2D eigenvalue weighted by atomic mass is 15.0. The van der Waals surface area contributed by atoms with E-state index in [2.05, 4.69) is 132 Å². The van der Waals surface area contributed by atoms with Gasteiger partial charge in [-0.15, -0.1) is 0 Å². The highest BCUT2D eigenvalue weighted by Crippen LogP contribution is 2.42. The van der Waals surface area contributed by atoms with E-state index in [4.69, 9.17) is 4.99 Å². The van der Waals surface area contributed by atoms with Crippen molar-refractivity contribution in [3.63, 3.8) is 0 Å². The predicted molar refractivity (Wildman–Crippen MR) is 197 cm³/mol. The van der Waals surface area contributed by atoms with Gasteiger partial charge in [-0.25, -0.2) is 0 Å². The van der Waals surface area contributed by atoms with Crippen LogP contribution in [0.15, 0.2) is 126 Å². The van der Waals surface area contributed by atoms with Crippen LogP contribution in [0.3, 0.4) is 0 Å². The smallest absolute Gasteiger partial charge is 0.0723 e. The first kappa shape index (κ1) is 28.3. The summed E-state index contributed by atoms with van der Waals surface area (Å²) >= 11 is 0. The second-order valence-corrected chi connectivity index (χ2v) is 13.6. The lowest BCUT2D eigenvalue weighted by Crippen LogP contribution is -2.08. The first-order valence-electron chi connectivity index (χ1n) is 17.6. The zero-order valence-electron chi connectivity index (χ0n) is 27.0. The third-order valence-corrected chi connectivity index (χ3v) is 10.8. The molecular weight excluding hydrogens is 569 g/mol. The molecule has 0 N–H and O–H groups in total. The molecule has 0 spiro atoms. The average molecular weight is 609 g/mol. The van der Waals surface area contributed by atoms with E-state index in [0.29, 0.717) is 12.5 Å². The largest absolute Gasteiger partial charge is 0.313 e. The number of para-hydroxylation sites is 1. The third-order valence-electron chi connectivity index (χ3n) is 10.8. The molecule has 1 aromatic heterocycles. The summed E-state index contributed by atoms with van der Waals surface area (Å²) in [5, 5.41) is 1.34. The van der Waals surface area contributed by atoms with Crippen LogP contribution in [-0.4, -0.2) is 10.3 Å². The molecule has 0 radical (unpaired) electrons. The Morgan fingerprint density at radius 3 is 2.36 bits per heavy atom. The number of aliphatic imine (C=N–C) groups is 1. The van der Waals surface area contributed by atoms with Gasteiger partial charge in [0.1, 0.15) is 0 Å². The lowest BCUT2D eigenvalue weighted by Gasteiger charge is -2.22. The maximum absolute atomic E-state index is 5.49. The van der Waals surface area contributed by atoms with Crippen LogP contribution in [0.1, 0.15) is 89.1 Å². The molecule has 0 saturated heterocycles. The molecule has 9 rings (SSSR count). The standard InChI is InChI=1S/C45H40N2/c1-3-13-31(14-4-1)32-23-25-34(26-24-32)45(33-15-5-2-6-16-33)46-30-36-27-37(29-42-38-18-8-7-17-35(38)28-41(36)42)47-43-21-11-9-19-39(43)40-20-10-12-22-44(40)47/h2,5-11,15-21,23-27,29,31H,1,3-4,12-14,22,28,30H2. The molecule has 0 unspecified atom stereocenters. The summed E-state index contributed by atoms with van der Waals surface area (Å²) in [7, 11) is 0. The van der Waals surface area contributed by atoms with Gasteiger partial charge in [0.25, 0.3) is 0 Å². The summed E-state index contributed by atoms with van der Waals surface area (Å²) in [4.78, 5) is 5.49. The van der Waals surface area contributed by atoms with Crippen LogP contribution >= 0.6 is 0 Å². The van der Waals surface area contributed by atoms with Crippen molar-refractivity contribution in [2.24, 2.45) is 4.99 Å². The number of rotatable bonds is 6. The van der Waals surface area contributed by atoms with Crippen molar-refractivity contribution in [2.75, 3.05) is 0 Å². The number of hydrogen-bond acceptors (Lipinski definition) is 1. The van der Waals surface area contributed by atoms with Gasteiger partial charge in [0.2, 0.25) is 0 Å². The molecule has 6 aromatic rings. The topological polar surface area (TPSA) is 17.3 Å². The highest BCUT2D eigenvalue weighted by Gasteiger charge is 2.25. The van der Waals surface area contributed by atoms with E-state index in [-0.39, 0.29) is 0 Å². The Bertz CT molecular complexity index is 2150. The van der Waals surface area contributed by atoms with Gasteiger partial charge < -0.3 is 4.57 Å². The Hall–Kier alpha value is -4.95. The zero-order valence-corrected chi connectivity index (χ0v) is 27.0. The van der Waals surface area contributed by atoms with E-state index in [1.54, 1.807) is 0 Å². The summed E-state index contributed by atoms with van der Waals surface area (Å²) in [6, 6.07) is 42.9. The van der Waals surface area contributed by atoms with Gasteiger partial charge in [0.15, 0.2) is 0 Å². The van der Waals surface area contributed by atoms with Crippen LogP contribution in [-0.2, 0) is 19.4 Å². The Balaban J connectivity index is 1.18. The summed E-state index contributed by atoms with van der Waals surface area (Å²) in [6.07, 6.45) is 14.5. The first-order chi connectivity index (χ1) is 23.3. The summed E-state index contributed by atoms with van der Waals surface area (Å²) in [6.45, 7) is 0.639. The van der Waals surface area contributed by atoms with Crippen molar-refractivity contribution in [2.45, 2.75) is 63.8 Å². The fourth-order valence-corrected chi connectivity index (χ4v) is 8.49. The number of nitrogens with zero attached hydrogens (tertiary/aromatic N) is 2. The van der Waals surface area contributed by atoms with Crippen LogP contribution in [0, 0.1) is 0 Å². The van der Waals surface area contributed by atoms with Gasteiger partial charge in [-0.1, -0.05) is 128 Å². The molecule has 3 aliphatic rings. The van der Waals surface area contributed by atoms with Crippen LogP contribution in [0.5, 0.6) is 0 Å². The maximum Gasteiger partial charge on any atom is 0.0723 e. The minimum absolute atomic E-state index is 0.639. The normalized spacial score (nSPS) is 15.9. The van der Waals surface area contributed by atoms with E-state index in [1.165, 1.54) is 104 Å². The minimum atomic E-state index is 0.639. The SMILES string of the molecule is C1=Cc2c(n(-c3cc(CN=C(c4ccccc4)c4ccc(C5CCCCC5)cc4)c4c(c3)-c3ccccc3C4)c3ccccc23)CC1. The summed E-state index contributed by atoms with van der Waals surface area (Å²) in [5.74, 6) is 0.702.